The van der Waals surface area contributed by atoms with E-state index in [0.29, 0.717) is 41.4 Å². The lowest BCUT2D eigenvalue weighted by molar-refractivity contribution is 0.310. The highest BCUT2D eigenvalue weighted by molar-refractivity contribution is 6.30. The number of ether oxygens (including phenoxy) is 2. The number of aryl methyl sites for hydroxylation is 1. The number of imidazole rings is 1. The van der Waals surface area contributed by atoms with Crippen LogP contribution in [0, 0.1) is 6.92 Å². The van der Waals surface area contributed by atoms with Crippen molar-refractivity contribution in [1.29, 1.82) is 0 Å². The fraction of sp³-hybridized carbons (Fsp3) is 0.174. The molecule has 0 aliphatic carbocycles. The van der Waals surface area contributed by atoms with Crippen LogP contribution in [0.4, 0.5) is 23.1 Å². The number of aromatic nitrogens is 4. The van der Waals surface area contributed by atoms with Gasteiger partial charge in [-0.3, -0.25) is 0 Å². The zero-order valence-electron chi connectivity index (χ0n) is 17.6. The summed E-state index contributed by atoms with van der Waals surface area (Å²) in [6, 6.07) is 13.5. The summed E-state index contributed by atoms with van der Waals surface area (Å²) in [7, 11) is 1.64. The molecule has 2 aromatic carbocycles. The molecule has 0 atom stereocenters. The normalized spacial score (nSPS) is 12.8. The minimum atomic E-state index is 0.460. The zero-order valence-corrected chi connectivity index (χ0v) is 18.4. The van der Waals surface area contributed by atoms with Crippen molar-refractivity contribution in [1.82, 2.24) is 19.5 Å². The van der Waals surface area contributed by atoms with Crippen LogP contribution >= 0.6 is 11.6 Å². The second-order valence-corrected chi connectivity index (χ2v) is 7.73. The van der Waals surface area contributed by atoms with Gasteiger partial charge in [0.15, 0.2) is 11.6 Å². The largest absolute Gasteiger partial charge is 0.494 e. The summed E-state index contributed by atoms with van der Waals surface area (Å²) < 4.78 is 13.3. The number of hydrogen-bond donors (Lipinski definition) is 1. The molecule has 0 saturated carbocycles. The van der Waals surface area contributed by atoms with Crippen LogP contribution in [0.5, 0.6) is 11.5 Å². The second-order valence-electron chi connectivity index (χ2n) is 7.29. The molecule has 8 nitrogen and oxygen atoms in total. The molecule has 4 aromatic rings. The third kappa shape index (κ3) is 3.92. The number of nitrogens with zero attached hydrogens (tertiary/aromatic N) is 5. The van der Waals surface area contributed by atoms with E-state index in [9.17, 15) is 0 Å². The van der Waals surface area contributed by atoms with Gasteiger partial charge in [-0.15, -0.1) is 0 Å². The molecule has 162 valence electrons. The molecule has 3 heterocycles. The summed E-state index contributed by atoms with van der Waals surface area (Å²) in [6.07, 6.45) is 5.40. The van der Waals surface area contributed by atoms with Gasteiger partial charge in [0.25, 0.3) is 0 Å². The van der Waals surface area contributed by atoms with E-state index in [0.717, 1.165) is 22.8 Å². The lowest BCUT2D eigenvalue weighted by Gasteiger charge is -2.30. The van der Waals surface area contributed by atoms with Crippen LogP contribution in [0.1, 0.15) is 5.69 Å². The van der Waals surface area contributed by atoms with Crippen molar-refractivity contribution in [2.45, 2.75) is 6.92 Å². The van der Waals surface area contributed by atoms with Gasteiger partial charge in [-0.05, 0) is 43.3 Å². The Hall–Kier alpha value is -3.78. The quantitative estimate of drug-likeness (QED) is 0.465. The van der Waals surface area contributed by atoms with Crippen molar-refractivity contribution in [2.75, 3.05) is 30.5 Å². The van der Waals surface area contributed by atoms with Crippen LogP contribution in [0.2, 0.25) is 5.02 Å². The number of fused-ring (bicyclic) bond motifs is 1. The Morgan fingerprint density at radius 3 is 2.72 bits per heavy atom. The minimum absolute atomic E-state index is 0.460. The molecule has 32 heavy (non-hydrogen) atoms. The first-order valence-electron chi connectivity index (χ1n) is 10.1. The van der Waals surface area contributed by atoms with Crippen molar-refractivity contribution < 1.29 is 9.47 Å². The molecule has 0 bridgehead atoms. The van der Waals surface area contributed by atoms with Gasteiger partial charge < -0.3 is 24.3 Å². The first-order chi connectivity index (χ1) is 15.6. The number of anilines is 4. The molecule has 0 saturated heterocycles. The van der Waals surface area contributed by atoms with E-state index in [2.05, 4.69) is 20.2 Å². The predicted octanol–water partition coefficient (Wildman–Crippen LogP) is 4.91. The highest BCUT2D eigenvalue weighted by Gasteiger charge is 2.22. The summed E-state index contributed by atoms with van der Waals surface area (Å²) in [6.45, 7) is 3.18. The monoisotopic (exact) mass is 448 g/mol. The lowest BCUT2D eigenvalue weighted by atomic mass is 10.2. The van der Waals surface area contributed by atoms with Gasteiger partial charge in [0, 0.05) is 28.7 Å². The van der Waals surface area contributed by atoms with Gasteiger partial charge in [0.05, 0.1) is 37.6 Å². The smallest absolute Gasteiger partial charge is 0.229 e. The maximum absolute atomic E-state index is 6.05. The Labute approximate surface area is 190 Å². The van der Waals surface area contributed by atoms with Gasteiger partial charge in [0.2, 0.25) is 5.95 Å². The highest BCUT2D eigenvalue weighted by Crippen LogP contribution is 2.36. The molecule has 2 aromatic heterocycles. The maximum Gasteiger partial charge on any atom is 0.229 e. The summed E-state index contributed by atoms with van der Waals surface area (Å²) in [5.74, 6) is 2.51. The van der Waals surface area contributed by atoms with Crippen LogP contribution in [0.25, 0.3) is 5.69 Å². The average molecular weight is 449 g/mol. The summed E-state index contributed by atoms with van der Waals surface area (Å²) in [4.78, 5) is 15.5. The topological polar surface area (TPSA) is 77.3 Å². The first kappa shape index (κ1) is 20.1. The average Bonchev–Trinajstić information content (AvgIpc) is 3.25. The van der Waals surface area contributed by atoms with Crippen LogP contribution in [0.3, 0.4) is 0 Å². The molecular weight excluding hydrogens is 428 g/mol. The molecule has 5 rings (SSSR count). The highest BCUT2D eigenvalue weighted by atomic mass is 35.5. The molecule has 0 unspecified atom stereocenters. The van der Waals surface area contributed by atoms with Crippen molar-refractivity contribution >= 4 is 34.7 Å². The van der Waals surface area contributed by atoms with Gasteiger partial charge in [0.1, 0.15) is 12.4 Å². The number of benzene rings is 2. The molecular formula is C23H21ClN6O2. The van der Waals surface area contributed by atoms with Crippen molar-refractivity contribution in [3.63, 3.8) is 0 Å². The summed E-state index contributed by atoms with van der Waals surface area (Å²) in [5.41, 5.74) is 3.62. The molecule has 1 aliphatic heterocycles. The van der Waals surface area contributed by atoms with E-state index < -0.39 is 0 Å². The van der Waals surface area contributed by atoms with Gasteiger partial charge in [-0.1, -0.05) is 11.6 Å². The van der Waals surface area contributed by atoms with Gasteiger partial charge in [-0.25, -0.2) is 9.97 Å². The van der Waals surface area contributed by atoms with Crippen LogP contribution in [-0.2, 0) is 0 Å². The van der Waals surface area contributed by atoms with E-state index in [1.165, 1.54) is 0 Å². The zero-order chi connectivity index (χ0) is 22.1. The van der Waals surface area contributed by atoms with E-state index in [-0.39, 0.29) is 0 Å². The Kier molecular flexibility index (Phi) is 5.28. The van der Waals surface area contributed by atoms with Crippen LogP contribution in [-0.4, -0.2) is 39.8 Å². The van der Waals surface area contributed by atoms with E-state index in [4.69, 9.17) is 26.1 Å². The lowest BCUT2D eigenvalue weighted by Crippen LogP contribution is -2.29. The third-order valence-corrected chi connectivity index (χ3v) is 5.38. The molecule has 1 aliphatic rings. The standard InChI is InChI=1S/C23H21ClN6O2/c1-15-13-29(14-26-15)19-8-5-17(11-20(19)31-2)27-23-25-12-21-22(28-23)30(9-10-32-21)18-6-3-16(24)4-7-18/h3-8,11-14H,9-10H2,1-2H3,(H,25,27,28). The summed E-state index contributed by atoms with van der Waals surface area (Å²) >= 11 is 6.05. The maximum atomic E-state index is 6.05. The van der Waals surface area contributed by atoms with E-state index in [1.807, 2.05) is 60.2 Å². The third-order valence-electron chi connectivity index (χ3n) is 5.13. The van der Waals surface area contributed by atoms with E-state index in [1.54, 1.807) is 19.6 Å². The van der Waals surface area contributed by atoms with Crippen LogP contribution < -0.4 is 19.7 Å². The van der Waals surface area contributed by atoms with Crippen molar-refractivity contribution in [2.24, 2.45) is 0 Å². The Morgan fingerprint density at radius 2 is 1.97 bits per heavy atom. The number of hydrogen-bond acceptors (Lipinski definition) is 7. The Morgan fingerprint density at radius 1 is 1.12 bits per heavy atom. The van der Waals surface area contributed by atoms with E-state index >= 15 is 0 Å². The van der Waals surface area contributed by atoms with Crippen LogP contribution in [0.15, 0.2) is 61.2 Å². The fourth-order valence-corrected chi connectivity index (χ4v) is 3.72. The SMILES string of the molecule is COc1cc(Nc2ncc3c(n2)N(c2ccc(Cl)cc2)CCO3)ccc1-n1cnc(C)c1. The number of halogens is 1. The Bertz CT molecular complexity index is 1260. The van der Waals surface area contributed by atoms with Crippen molar-refractivity contribution in [3.8, 4) is 17.2 Å². The number of nitrogens with one attached hydrogen (secondary N) is 1. The minimum Gasteiger partial charge on any atom is -0.494 e. The predicted molar refractivity (Wildman–Crippen MR) is 124 cm³/mol. The fourth-order valence-electron chi connectivity index (χ4n) is 3.59. The molecule has 0 radical (unpaired) electrons. The first-order valence-corrected chi connectivity index (χ1v) is 10.5. The summed E-state index contributed by atoms with van der Waals surface area (Å²) in [5, 5.41) is 3.95. The molecule has 1 N–H and O–H groups in total. The molecule has 0 amide bonds. The molecule has 0 spiro atoms. The van der Waals surface area contributed by atoms with Gasteiger partial charge in [-0.2, -0.15) is 4.98 Å². The number of methoxy groups -OCH3 is 1. The molecule has 0 fully saturated rings. The van der Waals surface area contributed by atoms with Gasteiger partial charge >= 0.3 is 0 Å². The second kappa shape index (κ2) is 8.39. The molecule has 9 heteroatoms. The Balaban J connectivity index is 1.44. The number of rotatable bonds is 5. The van der Waals surface area contributed by atoms with Crippen molar-refractivity contribution in [3.05, 3.63) is 71.9 Å².